The average molecular weight is 378 g/mol. The molecule has 3 aromatic rings. The maximum Gasteiger partial charge on any atom is 0.433 e. The van der Waals surface area contributed by atoms with Crippen LogP contribution in [0.15, 0.2) is 30.7 Å². The van der Waals surface area contributed by atoms with Crippen LogP contribution in [0.25, 0.3) is 5.78 Å². The Bertz CT molecular complexity index is 996. The number of likely N-dealkylation sites (tertiary alicyclic amines) is 1. The molecule has 1 amide bonds. The molecule has 0 spiro atoms. The van der Waals surface area contributed by atoms with Gasteiger partial charge in [0.2, 0.25) is 5.88 Å². The highest BCUT2D eigenvalue weighted by molar-refractivity contribution is 5.94. The number of pyridine rings is 1. The minimum absolute atomic E-state index is 0.0971. The van der Waals surface area contributed by atoms with Crippen molar-refractivity contribution in [2.45, 2.75) is 19.2 Å². The lowest BCUT2D eigenvalue weighted by Crippen LogP contribution is -2.56. The molecule has 1 aliphatic rings. The first-order chi connectivity index (χ1) is 12.8. The van der Waals surface area contributed by atoms with Gasteiger partial charge in [0.15, 0.2) is 0 Å². The van der Waals surface area contributed by atoms with Crippen molar-refractivity contribution in [1.82, 2.24) is 29.5 Å². The molecule has 1 saturated heterocycles. The average Bonchev–Trinajstić information content (AvgIpc) is 3.04. The van der Waals surface area contributed by atoms with Gasteiger partial charge in [-0.15, -0.1) is 0 Å². The number of carbonyl (C=O) groups is 1. The lowest BCUT2D eigenvalue weighted by molar-refractivity contribution is -0.141. The van der Waals surface area contributed by atoms with Gasteiger partial charge >= 0.3 is 6.18 Å². The van der Waals surface area contributed by atoms with Crippen LogP contribution in [-0.2, 0) is 6.18 Å². The van der Waals surface area contributed by atoms with E-state index in [0.29, 0.717) is 30.4 Å². The highest BCUT2D eigenvalue weighted by Gasteiger charge is 2.35. The predicted molar refractivity (Wildman–Crippen MR) is 85.1 cm³/mol. The molecule has 11 heteroatoms. The van der Waals surface area contributed by atoms with E-state index in [4.69, 9.17) is 4.74 Å². The summed E-state index contributed by atoms with van der Waals surface area (Å²) in [6.45, 7) is 2.41. The van der Waals surface area contributed by atoms with Gasteiger partial charge in [0.05, 0.1) is 18.7 Å². The number of halogens is 3. The fourth-order valence-corrected chi connectivity index (χ4v) is 2.70. The number of hydrogen-bond acceptors (Lipinski definition) is 6. The van der Waals surface area contributed by atoms with Gasteiger partial charge in [-0.1, -0.05) is 0 Å². The third-order valence-electron chi connectivity index (χ3n) is 4.07. The zero-order chi connectivity index (χ0) is 19.2. The van der Waals surface area contributed by atoms with Gasteiger partial charge in [-0.05, 0) is 19.1 Å². The molecule has 4 rings (SSSR count). The fraction of sp³-hybridized carbons (Fsp3) is 0.312. The zero-order valence-corrected chi connectivity index (χ0v) is 14.0. The smallest absolute Gasteiger partial charge is 0.433 e. The summed E-state index contributed by atoms with van der Waals surface area (Å²) < 4.78 is 44.9. The van der Waals surface area contributed by atoms with E-state index < -0.39 is 17.8 Å². The van der Waals surface area contributed by atoms with Crippen molar-refractivity contribution in [3.63, 3.8) is 0 Å². The molecular weight excluding hydrogens is 365 g/mol. The van der Waals surface area contributed by atoms with Gasteiger partial charge in [-0.3, -0.25) is 9.78 Å². The molecule has 3 aromatic heterocycles. The SMILES string of the molecule is Cc1cc(OC2CN(C(=O)c3ccc(C(F)(F)F)nc3)C2)n2ncnc2n1. The standard InChI is InChI=1S/C16H13F3N6O2/c1-9-4-13(25-15(23-9)21-8-22-25)27-11-6-24(7-11)14(26)10-2-3-12(20-5-10)16(17,18)19/h2-5,8,11H,6-7H2,1H3. The summed E-state index contributed by atoms with van der Waals surface area (Å²) in [6, 6.07) is 3.63. The fourth-order valence-electron chi connectivity index (χ4n) is 2.70. The van der Waals surface area contributed by atoms with E-state index in [-0.39, 0.29) is 11.7 Å². The number of alkyl halides is 3. The number of aryl methyl sites for hydroxylation is 1. The number of hydrogen-bond donors (Lipinski definition) is 0. The van der Waals surface area contributed by atoms with Crippen molar-refractivity contribution in [2.24, 2.45) is 0 Å². The van der Waals surface area contributed by atoms with E-state index in [1.165, 1.54) is 15.7 Å². The summed E-state index contributed by atoms with van der Waals surface area (Å²) in [7, 11) is 0. The van der Waals surface area contributed by atoms with Crippen molar-refractivity contribution in [2.75, 3.05) is 13.1 Å². The summed E-state index contributed by atoms with van der Waals surface area (Å²) in [4.78, 5) is 25.3. The van der Waals surface area contributed by atoms with E-state index in [1.807, 2.05) is 0 Å². The second kappa shape index (κ2) is 6.18. The Morgan fingerprint density at radius 2 is 2.04 bits per heavy atom. The molecule has 4 heterocycles. The van der Waals surface area contributed by atoms with E-state index in [1.54, 1.807) is 13.0 Å². The second-order valence-corrected chi connectivity index (χ2v) is 6.09. The lowest BCUT2D eigenvalue weighted by atomic mass is 10.1. The number of amides is 1. The Kier molecular flexibility index (Phi) is 3.93. The van der Waals surface area contributed by atoms with Crippen LogP contribution in [-0.4, -0.2) is 54.6 Å². The zero-order valence-electron chi connectivity index (χ0n) is 14.0. The molecule has 1 fully saturated rings. The quantitative estimate of drug-likeness (QED) is 0.690. The number of aromatic nitrogens is 5. The summed E-state index contributed by atoms with van der Waals surface area (Å²) in [5.74, 6) is 0.476. The first kappa shape index (κ1) is 17.2. The first-order valence-corrected chi connectivity index (χ1v) is 7.98. The van der Waals surface area contributed by atoms with Gasteiger partial charge in [0.25, 0.3) is 11.7 Å². The van der Waals surface area contributed by atoms with Gasteiger partial charge < -0.3 is 9.64 Å². The lowest BCUT2D eigenvalue weighted by Gasteiger charge is -2.38. The summed E-state index contributed by atoms with van der Waals surface area (Å²) >= 11 is 0. The van der Waals surface area contributed by atoms with Crippen molar-refractivity contribution in [3.8, 4) is 5.88 Å². The molecule has 140 valence electrons. The maximum absolute atomic E-state index is 12.5. The number of fused-ring (bicyclic) bond motifs is 1. The van der Waals surface area contributed by atoms with Crippen molar-refractivity contribution < 1.29 is 22.7 Å². The Hall–Kier alpha value is -3.24. The summed E-state index contributed by atoms with van der Waals surface area (Å²) in [5, 5.41) is 4.04. The molecule has 0 atom stereocenters. The maximum atomic E-state index is 12.5. The third-order valence-corrected chi connectivity index (χ3v) is 4.07. The number of carbonyl (C=O) groups excluding carboxylic acids is 1. The molecule has 0 aliphatic carbocycles. The van der Waals surface area contributed by atoms with Crippen LogP contribution in [0, 0.1) is 6.92 Å². The molecular formula is C16H13F3N6O2. The van der Waals surface area contributed by atoms with E-state index in [2.05, 4.69) is 20.1 Å². The van der Waals surface area contributed by atoms with Crippen LogP contribution in [0.3, 0.4) is 0 Å². The Labute approximate surface area is 150 Å². The van der Waals surface area contributed by atoms with Gasteiger partial charge in [-0.2, -0.15) is 27.8 Å². The normalized spacial score (nSPS) is 15.0. The van der Waals surface area contributed by atoms with Crippen molar-refractivity contribution in [1.29, 1.82) is 0 Å². The molecule has 1 aliphatic heterocycles. The molecule has 27 heavy (non-hydrogen) atoms. The van der Waals surface area contributed by atoms with Crippen molar-refractivity contribution >= 4 is 11.7 Å². The molecule has 0 radical (unpaired) electrons. The number of rotatable bonds is 3. The number of nitrogens with zero attached hydrogens (tertiary/aromatic N) is 6. The van der Waals surface area contributed by atoms with Crippen LogP contribution in [0.4, 0.5) is 13.2 Å². The van der Waals surface area contributed by atoms with Gasteiger partial charge in [0, 0.05) is 18.0 Å². The van der Waals surface area contributed by atoms with E-state index in [9.17, 15) is 18.0 Å². The first-order valence-electron chi connectivity index (χ1n) is 7.98. The van der Waals surface area contributed by atoms with E-state index in [0.717, 1.165) is 18.3 Å². The van der Waals surface area contributed by atoms with Crippen LogP contribution < -0.4 is 4.74 Å². The highest BCUT2D eigenvalue weighted by Crippen LogP contribution is 2.27. The molecule has 0 aromatic carbocycles. The molecule has 0 bridgehead atoms. The molecule has 8 nitrogen and oxygen atoms in total. The van der Waals surface area contributed by atoms with E-state index >= 15 is 0 Å². The largest absolute Gasteiger partial charge is 0.470 e. The minimum atomic E-state index is -4.54. The topological polar surface area (TPSA) is 85.5 Å². The highest BCUT2D eigenvalue weighted by atomic mass is 19.4. The molecule has 0 N–H and O–H groups in total. The summed E-state index contributed by atoms with van der Waals surface area (Å²) in [6.07, 6.45) is -2.49. The third kappa shape index (κ3) is 3.27. The second-order valence-electron chi connectivity index (χ2n) is 6.09. The minimum Gasteiger partial charge on any atom is -0.470 e. The van der Waals surface area contributed by atoms with Crippen LogP contribution in [0.1, 0.15) is 21.7 Å². The Balaban J connectivity index is 1.40. The van der Waals surface area contributed by atoms with Crippen LogP contribution in [0.2, 0.25) is 0 Å². The number of ether oxygens (including phenoxy) is 1. The van der Waals surface area contributed by atoms with Crippen molar-refractivity contribution in [3.05, 3.63) is 47.7 Å². The van der Waals surface area contributed by atoms with Gasteiger partial charge in [0.1, 0.15) is 18.1 Å². The molecule has 0 unspecified atom stereocenters. The van der Waals surface area contributed by atoms with Crippen LogP contribution >= 0.6 is 0 Å². The molecule has 0 saturated carbocycles. The van der Waals surface area contributed by atoms with Gasteiger partial charge in [-0.25, -0.2) is 4.98 Å². The Morgan fingerprint density at radius 1 is 1.26 bits per heavy atom. The van der Waals surface area contributed by atoms with Crippen LogP contribution in [0.5, 0.6) is 5.88 Å². The Morgan fingerprint density at radius 3 is 2.70 bits per heavy atom. The monoisotopic (exact) mass is 378 g/mol. The summed E-state index contributed by atoms with van der Waals surface area (Å²) in [5.41, 5.74) is -0.220. The predicted octanol–water partition coefficient (Wildman–Crippen LogP) is 1.75.